The van der Waals surface area contributed by atoms with E-state index in [1.807, 2.05) is 24.3 Å². The zero-order chi connectivity index (χ0) is 29.2. The third kappa shape index (κ3) is 7.83. The number of ether oxygens (including phenoxy) is 3. The zero-order valence-electron chi connectivity index (χ0n) is 24.5. The zero-order valence-corrected chi connectivity index (χ0v) is 25.3. The molecule has 1 saturated heterocycles. The molecule has 0 amide bonds. The topological polar surface area (TPSA) is 80.9 Å². The van der Waals surface area contributed by atoms with Gasteiger partial charge in [0.05, 0.1) is 51.5 Å². The summed E-state index contributed by atoms with van der Waals surface area (Å²) in [5.74, 6) is 0.745. The number of unbranched alkanes of at least 4 members (excludes halogenated alkanes) is 4. The summed E-state index contributed by atoms with van der Waals surface area (Å²) in [6.45, 7) is 7.96. The number of pyridine rings is 1. The number of piperazine rings is 1. The molecule has 2 aromatic carbocycles. The van der Waals surface area contributed by atoms with Gasteiger partial charge in [0.2, 0.25) is 12.3 Å². The van der Waals surface area contributed by atoms with E-state index in [0.29, 0.717) is 19.9 Å². The number of fused-ring (bicyclic) bond motifs is 2. The molecule has 0 atom stereocenters. The summed E-state index contributed by atoms with van der Waals surface area (Å²) in [4.78, 5) is 29.4. The lowest BCUT2D eigenvalue weighted by molar-refractivity contribution is -0.944. The van der Waals surface area contributed by atoms with Gasteiger partial charge in [0.15, 0.2) is 0 Å². The van der Waals surface area contributed by atoms with Gasteiger partial charge in [-0.1, -0.05) is 32.3 Å². The van der Waals surface area contributed by atoms with Gasteiger partial charge in [-0.25, -0.2) is 4.79 Å². The van der Waals surface area contributed by atoms with Crippen LogP contribution in [-0.4, -0.2) is 68.3 Å². The Morgan fingerprint density at radius 3 is 2.64 bits per heavy atom. The number of carbonyl (C=O) groups is 1. The van der Waals surface area contributed by atoms with Crippen molar-refractivity contribution in [2.24, 2.45) is 0 Å². The average molecular weight is 593 g/mol. The number of carbonyl (C=O) groups excluding carboxylic acids is 1. The Morgan fingerprint density at radius 2 is 1.79 bits per heavy atom. The largest absolute Gasteiger partial charge is 0.512 e. The molecule has 1 fully saturated rings. The van der Waals surface area contributed by atoms with Crippen LogP contribution in [0, 0.1) is 0 Å². The normalized spacial score (nSPS) is 14.7. The van der Waals surface area contributed by atoms with E-state index in [4.69, 9.17) is 14.2 Å². The highest BCUT2D eigenvalue weighted by Gasteiger charge is 2.34. The molecule has 0 bridgehead atoms. The van der Waals surface area contributed by atoms with Gasteiger partial charge in [-0.15, -0.1) is 11.3 Å². The van der Waals surface area contributed by atoms with Crippen LogP contribution < -0.4 is 15.2 Å². The highest BCUT2D eigenvalue weighted by Crippen LogP contribution is 2.32. The summed E-state index contributed by atoms with van der Waals surface area (Å²) in [5.41, 5.74) is 1.93. The first-order valence-corrected chi connectivity index (χ1v) is 16.0. The van der Waals surface area contributed by atoms with Crippen molar-refractivity contribution in [1.82, 2.24) is 4.98 Å². The van der Waals surface area contributed by atoms with E-state index in [1.54, 1.807) is 11.3 Å². The maximum absolute atomic E-state index is 12.4. The highest BCUT2D eigenvalue weighted by atomic mass is 32.1. The molecule has 9 heteroatoms. The van der Waals surface area contributed by atoms with E-state index in [-0.39, 0.29) is 5.56 Å². The van der Waals surface area contributed by atoms with Gasteiger partial charge < -0.3 is 24.1 Å². The number of nitrogens with one attached hydrogen (secondary N) is 1. The van der Waals surface area contributed by atoms with Crippen LogP contribution in [0.25, 0.3) is 21.0 Å². The number of H-pyrrole nitrogens is 1. The Balaban J connectivity index is 1.15. The number of hydrogen-bond donors (Lipinski definition) is 1. The monoisotopic (exact) mass is 592 g/mol. The lowest BCUT2D eigenvalue weighted by Crippen LogP contribution is -2.61. The van der Waals surface area contributed by atoms with E-state index in [9.17, 15) is 9.59 Å². The van der Waals surface area contributed by atoms with Crippen molar-refractivity contribution in [2.75, 3.05) is 57.6 Å². The van der Waals surface area contributed by atoms with Gasteiger partial charge in [0.1, 0.15) is 5.75 Å². The molecule has 4 aromatic rings. The predicted octanol–water partition coefficient (Wildman–Crippen LogP) is 6.93. The summed E-state index contributed by atoms with van der Waals surface area (Å²) < 4.78 is 19.1. The van der Waals surface area contributed by atoms with Crippen LogP contribution in [-0.2, 0) is 9.47 Å². The molecular weight excluding hydrogens is 550 g/mol. The average Bonchev–Trinajstić information content (AvgIpc) is 3.49. The van der Waals surface area contributed by atoms with Gasteiger partial charge in [0.25, 0.3) is 0 Å². The number of rotatable bonds is 14. The second kappa shape index (κ2) is 14.6. The van der Waals surface area contributed by atoms with Crippen LogP contribution in [0.3, 0.4) is 0 Å². The lowest BCUT2D eigenvalue weighted by Gasteiger charge is -2.44. The first-order chi connectivity index (χ1) is 20.5. The number of aromatic nitrogens is 1. The summed E-state index contributed by atoms with van der Waals surface area (Å²) in [6, 6.07) is 17.8. The van der Waals surface area contributed by atoms with Crippen molar-refractivity contribution < 1.29 is 23.5 Å². The first-order valence-electron chi connectivity index (χ1n) is 15.2. The van der Waals surface area contributed by atoms with E-state index >= 15 is 0 Å². The molecule has 2 aromatic heterocycles. The number of thiophene rings is 1. The molecule has 8 nitrogen and oxygen atoms in total. The third-order valence-electron chi connectivity index (χ3n) is 8.17. The van der Waals surface area contributed by atoms with Gasteiger partial charge in [-0.3, -0.25) is 9.28 Å². The second-order valence-electron chi connectivity index (χ2n) is 11.2. The van der Waals surface area contributed by atoms with Crippen molar-refractivity contribution in [3.05, 3.63) is 70.3 Å². The van der Waals surface area contributed by atoms with Crippen LogP contribution in [0.1, 0.15) is 45.4 Å². The number of nitrogens with zero attached hydrogens (tertiary/aromatic N) is 2. The molecule has 5 rings (SSSR count). The quantitative estimate of drug-likeness (QED) is 0.0972. The maximum atomic E-state index is 12.4. The maximum Gasteiger partial charge on any atom is 0.512 e. The van der Waals surface area contributed by atoms with Crippen molar-refractivity contribution >= 4 is 44.2 Å². The van der Waals surface area contributed by atoms with Crippen LogP contribution >= 0.6 is 11.3 Å². The van der Waals surface area contributed by atoms with E-state index in [0.717, 1.165) is 92.4 Å². The number of benzene rings is 2. The van der Waals surface area contributed by atoms with E-state index in [2.05, 4.69) is 46.5 Å². The van der Waals surface area contributed by atoms with Gasteiger partial charge in [0, 0.05) is 27.9 Å². The molecule has 0 saturated carbocycles. The Kier molecular flexibility index (Phi) is 10.4. The van der Waals surface area contributed by atoms with Gasteiger partial charge in [-0.2, -0.15) is 0 Å². The fraction of sp³-hybridized carbons (Fsp3) is 0.455. The molecule has 1 aliphatic rings. The number of quaternary nitrogens is 1. The summed E-state index contributed by atoms with van der Waals surface area (Å²) in [6.07, 6.45) is 5.50. The Bertz CT molecular complexity index is 1510. The standard InChI is InChI=1S/C33H41N3O5S/c1-2-3-4-6-22-40-33(38)41-25-36(19-16-35(17-20-36)30-9-8-10-31-28(30)15-23-42-31)18-5-7-21-39-27-13-11-26-12-14-32(37)34-29(26)24-27/h8-15,23-24H,2-7,16-22,25H2,1H3/p+1. The molecule has 42 heavy (non-hydrogen) atoms. The molecule has 0 spiro atoms. The SMILES string of the molecule is CCCCCCOC(=O)OC[N+]1(CCCCOc2ccc3ccc(=O)[nH]c3c2)CCN(c2cccc3sccc23)CC1. The van der Waals surface area contributed by atoms with Crippen molar-refractivity contribution in [3.8, 4) is 5.75 Å². The van der Waals surface area contributed by atoms with Crippen LogP contribution in [0.15, 0.2) is 64.8 Å². The molecule has 0 radical (unpaired) electrons. The molecule has 1 aliphatic heterocycles. The minimum atomic E-state index is -0.563. The number of anilines is 1. The Morgan fingerprint density at radius 1 is 0.952 bits per heavy atom. The summed E-state index contributed by atoms with van der Waals surface area (Å²) in [7, 11) is 0. The molecule has 0 aliphatic carbocycles. The summed E-state index contributed by atoms with van der Waals surface area (Å²) in [5, 5.41) is 4.43. The van der Waals surface area contributed by atoms with Crippen LogP contribution in [0.4, 0.5) is 10.5 Å². The highest BCUT2D eigenvalue weighted by molar-refractivity contribution is 7.17. The first kappa shape index (κ1) is 29.9. The van der Waals surface area contributed by atoms with E-state index < -0.39 is 6.16 Å². The fourth-order valence-electron chi connectivity index (χ4n) is 5.67. The van der Waals surface area contributed by atoms with Crippen molar-refractivity contribution in [2.45, 2.75) is 45.4 Å². The summed E-state index contributed by atoms with van der Waals surface area (Å²) >= 11 is 1.77. The smallest absolute Gasteiger partial charge is 0.494 e. The lowest BCUT2D eigenvalue weighted by atomic mass is 10.1. The van der Waals surface area contributed by atoms with Gasteiger partial charge in [-0.05, 0) is 66.4 Å². The Hall–Kier alpha value is -3.56. The molecule has 0 unspecified atom stereocenters. The minimum absolute atomic E-state index is 0.122. The molecular formula is C33H42N3O5S+. The van der Waals surface area contributed by atoms with E-state index in [1.165, 1.54) is 21.8 Å². The number of hydrogen-bond acceptors (Lipinski definition) is 7. The second-order valence-corrected chi connectivity index (χ2v) is 12.1. The molecule has 224 valence electrons. The van der Waals surface area contributed by atoms with Gasteiger partial charge >= 0.3 is 6.16 Å². The van der Waals surface area contributed by atoms with Crippen molar-refractivity contribution in [3.63, 3.8) is 0 Å². The Labute approximate surface area is 251 Å². The third-order valence-corrected chi connectivity index (χ3v) is 9.05. The number of aromatic amines is 1. The van der Waals surface area contributed by atoms with Crippen molar-refractivity contribution in [1.29, 1.82) is 0 Å². The van der Waals surface area contributed by atoms with Crippen LogP contribution in [0.2, 0.25) is 0 Å². The fourth-order valence-corrected chi connectivity index (χ4v) is 6.48. The predicted molar refractivity (Wildman–Crippen MR) is 170 cm³/mol. The molecule has 1 N–H and O–H groups in total. The minimum Gasteiger partial charge on any atom is -0.494 e. The molecule has 3 heterocycles. The van der Waals surface area contributed by atoms with Crippen LogP contribution in [0.5, 0.6) is 5.75 Å².